The molecule has 1 atom stereocenters. The first-order chi connectivity index (χ1) is 9.13. The fraction of sp³-hybridized carbons (Fsp3) is 0.846. The number of hydrogen-bond donors (Lipinski definition) is 2. The number of hydrogen-bond acceptors (Lipinski definition) is 3. The molecule has 110 valence electrons. The molecular formula is C13H24N2O4. The topological polar surface area (TPSA) is 78.9 Å². The van der Waals surface area contributed by atoms with Crippen molar-refractivity contribution >= 4 is 12.0 Å². The average Bonchev–Trinajstić information content (AvgIpc) is 2.41. The van der Waals surface area contributed by atoms with Crippen LogP contribution >= 0.6 is 0 Å². The fourth-order valence-electron chi connectivity index (χ4n) is 2.34. The summed E-state index contributed by atoms with van der Waals surface area (Å²) in [7, 11) is 1.64. The smallest absolute Gasteiger partial charge is 0.317 e. The SMILES string of the molecule is COCCCNC(=O)N1CCCC(CCC(=O)O)C1. The van der Waals surface area contributed by atoms with E-state index in [0.717, 1.165) is 25.8 Å². The Morgan fingerprint density at radius 2 is 2.26 bits per heavy atom. The molecule has 0 aliphatic carbocycles. The molecular weight excluding hydrogens is 248 g/mol. The van der Waals surface area contributed by atoms with Crippen LogP contribution in [-0.4, -0.2) is 55.4 Å². The van der Waals surface area contributed by atoms with E-state index >= 15 is 0 Å². The zero-order chi connectivity index (χ0) is 14.1. The van der Waals surface area contributed by atoms with E-state index in [1.807, 2.05) is 0 Å². The summed E-state index contributed by atoms with van der Waals surface area (Å²) in [5.74, 6) is -0.448. The van der Waals surface area contributed by atoms with Gasteiger partial charge in [0.15, 0.2) is 0 Å². The molecule has 0 radical (unpaired) electrons. The summed E-state index contributed by atoms with van der Waals surface area (Å²) < 4.78 is 4.92. The summed E-state index contributed by atoms with van der Waals surface area (Å²) in [5, 5.41) is 11.5. The van der Waals surface area contributed by atoms with Gasteiger partial charge in [-0.15, -0.1) is 0 Å². The first-order valence-electron chi connectivity index (χ1n) is 6.87. The van der Waals surface area contributed by atoms with Crippen LogP contribution in [0.25, 0.3) is 0 Å². The number of methoxy groups -OCH3 is 1. The monoisotopic (exact) mass is 272 g/mol. The summed E-state index contributed by atoms with van der Waals surface area (Å²) in [6.45, 7) is 2.69. The molecule has 6 nitrogen and oxygen atoms in total. The number of carboxylic acids is 1. The van der Waals surface area contributed by atoms with Crippen LogP contribution in [0.5, 0.6) is 0 Å². The third-order valence-corrected chi connectivity index (χ3v) is 3.37. The number of aliphatic carboxylic acids is 1. The van der Waals surface area contributed by atoms with Gasteiger partial charge in [0.05, 0.1) is 0 Å². The molecule has 1 rings (SSSR count). The van der Waals surface area contributed by atoms with Gasteiger partial charge in [0.1, 0.15) is 0 Å². The van der Waals surface area contributed by atoms with Crippen molar-refractivity contribution in [1.29, 1.82) is 0 Å². The van der Waals surface area contributed by atoms with Crippen LogP contribution < -0.4 is 5.32 Å². The standard InChI is InChI=1S/C13H24N2O4/c1-19-9-3-7-14-13(18)15-8-2-4-11(10-15)5-6-12(16)17/h11H,2-10H2,1H3,(H,14,18)(H,16,17). The number of carbonyl (C=O) groups excluding carboxylic acids is 1. The molecule has 6 heteroatoms. The summed E-state index contributed by atoms with van der Waals surface area (Å²) in [6.07, 6.45) is 3.62. The normalized spacial score (nSPS) is 19.2. The van der Waals surface area contributed by atoms with E-state index in [0.29, 0.717) is 32.0 Å². The van der Waals surface area contributed by atoms with Gasteiger partial charge in [-0.3, -0.25) is 4.79 Å². The molecule has 2 N–H and O–H groups in total. The Hall–Kier alpha value is -1.30. The third-order valence-electron chi connectivity index (χ3n) is 3.37. The van der Waals surface area contributed by atoms with Crippen LogP contribution in [0, 0.1) is 5.92 Å². The Morgan fingerprint density at radius 3 is 2.95 bits per heavy atom. The van der Waals surface area contributed by atoms with Crippen molar-refractivity contribution < 1.29 is 19.4 Å². The van der Waals surface area contributed by atoms with Crippen molar-refractivity contribution in [3.63, 3.8) is 0 Å². The van der Waals surface area contributed by atoms with E-state index < -0.39 is 5.97 Å². The minimum absolute atomic E-state index is 0.0453. The van der Waals surface area contributed by atoms with Gasteiger partial charge in [-0.1, -0.05) is 0 Å². The van der Waals surface area contributed by atoms with Crippen molar-refractivity contribution in [2.75, 3.05) is 33.4 Å². The van der Waals surface area contributed by atoms with Gasteiger partial charge in [0, 0.05) is 39.8 Å². The van der Waals surface area contributed by atoms with Gasteiger partial charge in [-0.2, -0.15) is 0 Å². The molecule has 0 spiro atoms. The number of nitrogens with one attached hydrogen (secondary N) is 1. The molecule has 1 heterocycles. The van der Waals surface area contributed by atoms with E-state index in [4.69, 9.17) is 9.84 Å². The quantitative estimate of drug-likeness (QED) is 0.685. The second-order valence-electron chi connectivity index (χ2n) is 4.96. The Kier molecular flexibility index (Phi) is 7.25. The number of rotatable bonds is 7. The number of nitrogens with zero attached hydrogens (tertiary/aromatic N) is 1. The summed E-state index contributed by atoms with van der Waals surface area (Å²) in [5.41, 5.74) is 0. The lowest BCUT2D eigenvalue weighted by Gasteiger charge is -2.32. The highest BCUT2D eigenvalue weighted by molar-refractivity contribution is 5.74. The van der Waals surface area contributed by atoms with Gasteiger partial charge in [-0.05, 0) is 31.6 Å². The summed E-state index contributed by atoms with van der Waals surface area (Å²) in [6, 6.07) is -0.0453. The first kappa shape index (κ1) is 15.8. The molecule has 19 heavy (non-hydrogen) atoms. The maximum atomic E-state index is 11.9. The highest BCUT2D eigenvalue weighted by Crippen LogP contribution is 2.20. The molecule has 2 amide bonds. The Balaban J connectivity index is 2.24. The molecule has 1 saturated heterocycles. The van der Waals surface area contributed by atoms with Crippen LogP contribution in [0.15, 0.2) is 0 Å². The van der Waals surface area contributed by atoms with Crippen LogP contribution in [-0.2, 0) is 9.53 Å². The van der Waals surface area contributed by atoms with E-state index in [1.54, 1.807) is 12.0 Å². The molecule has 1 unspecified atom stereocenters. The van der Waals surface area contributed by atoms with Crippen molar-refractivity contribution in [3.05, 3.63) is 0 Å². The maximum Gasteiger partial charge on any atom is 0.317 e. The second kappa shape index (κ2) is 8.74. The van der Waals surface area contributed by atoms with E-state index in [9.17, 15) is 9.59 Å². The third kappa shape index (κ3) is 6.42. The van der Waals surface area contributed by atoms with Crippen molar-refractivity contribution in [2.45, 2.75) is 32.1 Å². The number of likely N-dealkylation sites (tertiary alicyclic amines) is 1. The predicted molar refractivity (Wildman–Crippen MR) is 71.1 cm³/mol. The molecule has 0 bridgehead atoms. The number of piperidine rings is 1. The molecule has 1 fully saturated rings. The van der Waals surface area contributed by atoms with Crippen LogP contribution in [0.2, 0.25) is 0 Å². The van der Waals surface area contributed by atoms with E-state index in [2.05, 4.69) is 5.32 Å². The van der Waals surface area contributed by atoms with Gasteiger partial charge in [0.2, 0.25) is 0 Å². The minimum atomic E-state index is -0.763. The Morgan fingerprint density at radius 1 is 1.47 bits per heavy atom. The lowest BCUT2D eigenvalue weighted by molar-refractivity contribution is -0.137. The summed E-state index contributed by atoms with van der Waals surface area (Å²) in [4.78, 5) is 24.3. The average molecular weight is 272 g/mol. The fourth-order valence-corrected chi connectivity index (χ4v) is 2.34. The molecule has 1 aliphatic rings. The van der Waals surface area contributed by atoms with E-state index in [-0.39, 0.29) is 12.5 Å². The largest absolute Gasteiger partial charge is 0.481 e. The lowest BCUT2D eigenvalue weighted by atomic mass is 9.93. The Bertz CT molecular complexity index is 296. The highest BCUT2D eigenvalue weighted by Gasteiger charge is 2.23. The number of carboxylic acid groups (broad SMARTS) is 1. The highest BCUT2D eigenvalue weighted by atomic mass is 16.5. The zero-order valence-corrected chi connectivity index (χ0v) is 11.6. The molecule has 0 aromatic heterocycles. The van der Waals surface area contributed by atoms with E-state index in [1.165, 1.54) is 0 Å². The number of urea groups is 1. The van der Waals surface area contributed by atoms with Crippen molar-refractivity contribution in [2.24, 2.45) is 5.92 Å². The number of carbonyl (C=O) groups is 2. The Labute approximate surface area is 114 Å². The lowest BCUT2D eigenvalue weighted by Crippen LogP contribution is -2.45. The molecule has 0 aromatic carbocycles. The molecule has 0 saturated carbocycles. The minimum Gasteiger partial charge on any atom is -0.481 e. The first-order valence-corrected chi connectivity index (χ1v) is 6.87. The maximum absolute atomic E-state index is 11.9. The number of ether oxygens (including phenoxy) is 1. The van der Waals surface area contributed by atoms with Crippen LogP contribution in [0.1, 0.15) is 32.1 Å². The van der Waals surface area contributed by atoms with Crippen molar-refractivity contribution in [3.8, 4) is 0 Å². The van der Waals surface area contributed by atoms with Crippen LogP contribution in [0.3, 0.4) is 0 Å². The zero-order valence-electron chi connectivity index (χ0n) is 11.6. The van der Waals surface area contributed by atoms with Crippen LogP contribution in [0.4, 0.5) is 4.79 Å². The second-order valence-corrected chi connectivity index (χ2v) is 4.96. The van der Waals surface area contributed by atoms with Gasteiger partial charge < -0.3 is 20.1 Å². The van der Waals surface area contributed by atoms with Gasteiger partial charge in [0.25, 0.3) is 0 Å². The molecule has 0 aromatic rings. The number of amides is 2. The summed E-state index contributed by atoms with van der Waals surface area (Å²) >= 11 is 0. The van der Waals surface area contributed by atoms with Gasteiger partial charge >= 0.3 is 12.0 Å². The van der Waals surface area contributed by atoms with Crippen molar-refractivity contribution in [1.82, 2.24) is 10.2 Å². The van der Waals surface area contributed by atoms with Gasteiger partial charge in [-0.25, -0.2) is 4.79 Å². The molecule has 1 aliphatic heterocycles. The predicted octanol–water partition coefficient (Wildman–Crippen LogP) is 1.31.